The number of nitrogens with one attached hydrogen (secondary N) is 1. The normalized spacial score (nSPS) is 22.0. The maximum absolute atomic E-state index is 11.9. The average Bonchev–Trinajstić information content (AvgIpc) is 2.81. The molecule has 2 heterocycles. The standard InChI is InChI=1S/C11H16N2O3S2/c1-3-9-7(2)17-11(12-9)13-10(14)8-4-5-18(15,16)6-8/h8H,3-6H2,1-2H3,(H,12,13,14)/t8-/m0/s1. The summed E-state index contributed by atoms with van der Waals surface area (Å²) in [4.78, 5) is 17.3. The van der Waals surface area contributed by atoms with Crippen LogP contribution in [0.15, 0.2) is 0 Å². The number of thiazole rings is 1. The number of carbonyl (C=O) groups is 1. The maximum atomic E-state index is 11.9. The Hall–Kier alpha value is -0.950. The molecule has 1 aliphatic heterocycles. The third kappa shape index (κ3) is 2.89. The summed E-state index contributed by atoms with van der Waals surface area (Å²) in [5, 5.41) is 3.29. The van der Waals surface area contributed by atoms with E-state index in [0.29, 0.717) is 11.6 Å². The first-order valence-corrected chi connectivity index (χ1v) is 8.52. The zero-order valence-electron chi connectivity index (χ0n) is 10.4. The molecular weight excluding hydrogens is 272 g/mol. The average molecular weight is 288 g/mol. The summed E-state index contributed by atoms with van der Waals surface area (Å²) >= 11 is 1.43. The molecule has 0 saturated carbocycles. The van der Waals surface area contributed by atoms with Gasteiger partial charge in [0.1, 0.15) is 0 Å². The minimum absolute atomic E-state index is 0.0379. The fourth-order valence-corrected chi connectivity index (χ4v) is 4.67. The monoisotopic (exact) mass is 288 g/mol. The summed E-state index contributed by atoms with van der Waals surface area (Å²) < 4.78 is 22.6. The van der Waals surface area contributed by atoms with E-state index in [0.717, 1.165) is 17.0 Å². The van der Waals surface area contributed by atoms with Gasteiger partial charge in [-0.15, -0.1) is 11.3 Å². The summed E-state index contributed by atoms with van der Waals surface area (Å²) in [6.45, 7) is 3.98. The number of aromatic nitrogens is 1. The van der Waals surface area contributed by atoms with Gasteiger partial charge in [-0.25, -0.2) is 13.4 Å². The van der Waals surface area contributed by atoms with Gasteiger partial charge >= 0.3 is 0 Å². The Balaban J connectivity index is 2.03. The SMILES string of the molecule is CCc1nc(NC(=O)[C@H]2CCS(=O)(=O)C2)sc1C. The highest BCUT2D eigenvalue weighted by molar-refractivity contribution is 7.91. The van der Waals surface area contributed by atoms with Gasteiger partial charge in [-0.2, -0.15) is 0 Å². The van der Waals surface area contributed by atoms with Crippen molar-refractivity contribution in [2.75, 3.05) is 16.8 Å². The number of aryl methyl sites for hydroxylation is 2. The van der Waals surface area contributed by atoms with Gasteiger partial charge in [0.15, 0.2) is 15.0 Å². The van der Waals surface area contributed by atoms with Crippen molar-refractivity contribution in [2.24, 2.45) is 5.92 Å². The minimum Gasteiger partial charge on any atom is -0.302 e. The van der Waals surface area contributed by atoms with Gasteiger partial charge in [-0.1, -0.05) is 6.92 Å². The number of carbonyl (C=O) groups excluding carboxylic acids is 1. The second kappa shape index (κ2) is 4.97. The fraction of sp³-hybridized carbons (Fsp3) is 0.636. The molecule has 100 valence electrons. The molecule has 1 saturated heterocycles. The molecule has 0 bridgehead atoms. The Morgan fingerprint density at radius 3 is 2.78 bits per heavy atom. The van der Waals surface area contributed by atoms with Crippen molar-refractivity contribution in [1.29, 1.82) is 0 Å². The molecule has 0 aliphatic carbocycles. The lowest BCUT2D eigenvalue weighted by Crippen LogP contribution is -2.23. The molecule has 1 amide bonds. The van der Waals surface area contributed by atoms with Crippen LogP contribution >= 0.6 is 11.3 Å². The molecule has 1 aromatic rings. The van der Waals surface area contributed by atoms with E-state index in [1.165, 1.54) is 11.3 Å². The van der Waals surface area contributed by atoms with E-state index in [2.05, 4.69) is 10.3 Å². The van der Waals surface area contributed by atoms with Crippen molar-refractivity contribution in [1.82, 2.24) is 4.98 Å². The van der Waals surface area contributed by atoms with Crippen LogP contribution in [0.1, 0.15) is 23.9 Å². The highest BCUT2D eigenvalue weighted by Crippen LogP contribution is 2.25. The smallest absolute Gasteiger partial charge is 0.230 e. The van der Waals surface area contributed by atoms with Gasteiger partial charge in [0, 0.05) is 4.88 Å². The summed E-state index contributed by atoms with van der Waals surface area (Å²) in [5.41, 5.74) is 0.981. The van der Waals surface area contributed by atoms with E-state index in [4.69, 9.17) is 0 Å². The van der Waals surface area contributed by atoms with Crippen molar-refractivity contribution in [2.45, 2.75) is 26.7 Å². The van der Waals surface area contributed by atoms with Crippen LogP contribution in [0.5, 0.6) is 0 Å². The third-order valence-electron chi connectivity index (χ3n) is 3.06. The van der Waals surface area contributed by atoms with Crippen molar-refractivity contribution < 1.29 is 13.2 Å². The molecule has 7 heteroatoms. The lowest BCUT2D eigenvalue weighted by molar-refractivity contribution is -0.119. The van der Waals surface area contributed by atoms with Crippen LogP contribution in [-0.2, 0) is 21.1 Å². The van der Waals surface area contributed by atoms with Crippen LogP contribution in [0.2, 0.25) is 0 Å². The van der Waals surface area contributed by atoms with Crippen molar-refractivity contribution in [3.8, 4) is 0 Å². The third-order valence-corrected chi connectivity index (χ3v) is 5.76. The van der Waals surface area contributed by atoms with Gasteiger partial charge in [-0.05, 0) is 19.8 Å². The summed E-state index contributed by atoms with van der Waals surface area (Å²) in [5.74, 6) is -0.580. The van der Waals surface area contributed by atoms with E-state index in [1.807, 2.05) is 13.8 Å². The number of rotatable bonds is 3. The zero-order valence-corrected chi connectivity index (χ0v) is 12.0. The maximum Gasteiger partial charge on any atom is 0.230 e. The topological polar surface area (TPSA) is 76.1 Å². The Morgan fingerprint density at radius 2 is 2.28 bits per heavy atom. The van der Waals surface area contributed by atoms with Crippen LogP contribution in [-0.4, -0.2) is 30.8 Å². The summed E-state index contributed by atoms with van der Waals surface area (Å²) in [7, 11) is -3.02. The first-order valence-electron chi connectivity index (χ1n) is 5.89. The van der Waals surface area contributed by atoms with Crippen LogP contribution in [0.25, 0.3) is 0 Å². The van der Waals surface area contributed by atoms with Crippen molar-refractivity contribution in [3.63, 3.8) is 0 Å². The summed E-state index contributed by atoms with van der Waals surface area (Å²) in [6.07, 6.45) is 1.25. The molecule has 1 N–H and O–H groups in total. The molecule has 2 rings (SSSR count). The molecule has 5 nitrogen and oxygen atoms in total. The van der Waals surface area contributed by atoms with Crippen LogP contribution in [0.3, 0.4) is 0 Å². The van der Waals surface area contributed by atoms with Gasteiger partial charge in [0.2, 0.25) is 5.91 Å². The minimum atomic E-state index is -3.02. The number of hydrogen-bond donors (Lipinski definition) is 1. The van der Waals surface area contributed by atoms with Crippen molar-refractivity contribution >= 4 is 32.2 Å². The first kappa shape index (κ1) is 13.5. The molecule has 0 radical (unpaired) electrons. The van der Waals surface area contributed by atoms with E-state index in [9.17, 15) is 13.2 Å². The van der Waals surface area contributed by atoms with Gasteiger partial charge in [0.25, 0.3) is 0 Å². The number of nitrogens with zero attached hydrogens (tertiary/aromatic N) is 1. The van der Waals surface area contributed by atoms with Crippen LogP contribution in [0, 0.1) is 12.8 Å². The molecule has 1 aromatic heterocycles. The molecule has 0 aromatic carbocycles. The Labute approximate surface area is 111 Å². The number of anilines is 1. The zero-order chi connectivity index (χ0) is 13.3. The van der Waals surface area contributed by atoms with E-state index < -0.39 is 15.8 Å². The van der Waals surface area contributed by atoms with E-state index in [-0.39, 0.29) is 17.4 Å². The van der Waals surface area contributed by atoms with Gasteiger partial charge in [-0.3, -0.25) is 4.79 Å². The lowest BCUT2D eigenvalue weighted by atomic mass is 10.1. The highest BCUT2D eigenvalue weighted by Gasteiger charge is 2.33. The molecule has 0 spiro atoms. The number of sulfone groups is 1. The molecule has 0 unspecified atom stereocenters. The highest BCUT2D eigenvalue weighted by atomic mass is 32.2. The predicted octanol–water partition coefficient (Wildman–Crippen LogP) is 1.39. The quantitative estimate of drug-likeness (QED) is 0.912. The van der Waals surface area contributed by atoms with Crippen LogP contribution < -0.4 is 5.32 Å². The second-order valence-electron chi connectivity index (χ2n) is 4.46. The molecule has 1 atom stereocenters. The predicted molar refractivity (Wildman–Crippen MR) is 71.6 cm³/mol. The second-order valence-corrected chi connectivity index (χ2v) is 7.90. The van der Waals surface area contributed by atoms with Crippen LogP contribution in [0.4, 0.5) is 5.13 Å². The summed E-state index contributed by atoms with van der Waals surface area (Å²) in [6, 6.07) is 0. The van der Waals surface area contributed by atoms with E-state index in [1.54, 1.807) is 0 Å². The Kier molecular flexibility index (Phi) is 3.72. The number of hydrogen-bond acceptors (Lipinski definition) is 5. The van der Waals surface area contributed by atoms with Crippen molar-refractivity contribution in [3.05, 3.63) is 10.6 Å². The first-order chi connectivity index (χ1) is 8.41. The fourth-order valence-electron chi connectivity index (χ4n) is 2.02. The molecule has 1 fully saturated rings. The largest absolute Gasteiger partial charge is 0.302 e. The Bertz CT molecular complexity index is 563. The Morgan fingerprint density at radius 1 is 1.56 bits per heavy atom. The van der Waals surface area contributed by atoms with Gasteiger partial charge in [0.05, 0.1) is 23.1 Å². The van der Waals surface area contributed by atoms with Gasteiger partial charge < -0.3 is 5.32 Å². The van der Waals surface area contributed by atoms with E-state index >= 15 is 0 Å². The lowest BCUT2D eigenvalue weighted by Gasteiger charge is -2.06. The molecule has 1 aliphatic rings. The number of amides is 1. The molecule has 18 heavy (non-hydrogen) atoms. The molecular formula is C11H16N2O3S2.